The van der Waals surface area contributed by atoms with Gasteiger partial charge in [0.1, 0.15) is 5.60 Å². The lowest BCUT2D eigenvalue weighted by atomic mass is 9.68. The molecule has 2 atom stereocenters. The Bertz CT molecular complexity index is 1210. The Hall–Kier alpha value is -2.38. The van der Waals surface area contributed by atoms with E-state index in [4.69, 9.17) is 0 Å². The number of amides is 2. The zero-order valence-corrected chi connectivity index (χ0v) is 25.1. The van der Waals surface area contributed by atoms with Crippen LogP contribution in [0.5, 0.6) is 0 Å². The maximum absolute atomic E-state index is 14.3. The number of piperidine rings is 1. The average Bonchev–Trinajstić information content (AvgIpc) is 3.64. The number of fused-ring (bicyclic) bond motifs is 1. The van der Waals surface area contributed by atoms with Crippen LogP contribution in [0.3, 0.4) is 0 Å². The van der Waals surface area contributed by atoms with Gasteiger partial charge in [0.2, 0.25) is 5.91 Å². The summed E-state index contributed by atoms with van der Waals surface area (Å²) in [5.74, 6) is 0.105. The first-order valence-corrected chi connectivity index (χ1v) is 16.5. The van der Waals surface area contributed by atoms with Gasteiger partial charge in [0.25, 0.3) is 5.91 Å². The highest BCUT2D eigenvalue weighted by molar-refractivity contribution is 5.88. The summed E-state index contributed by atoms with van der Waals surface area (Å²) >= 11 is 0. The van der Waals surface area contributed by atoms with E-state index in [0.717, 1.165) is 25.7 Å². The van der Waals surface area contributed by atoms with Crippen molar-refractivity contribution in [1.82, 2.24) is 19.7 Å². The number of hydrogen-bond acceptors (Lipinski definition) is 4. The predicted octanol–water partition coefficient (Wildman–Crippen LogP) is 5.46. The molecule has 2 N–H and O–H groups in total. The van der Waals surface area contributed by atoms with Crippen LogP contribution in [0.4, 0.5) is 0 Å². The molecule has 4 aliphatic rings. The van der Waals surface area contributed by atoms with E-state index in [0.29, 0.717) is 39.0 Å². The number of nitrogens with zero attached hydrogens (tertiary/aromatic N) is 3. The van der Waals surface area contributed by atoms with Gasteiger partial charge in [-0.05, 0) is 67.7 Å². The van der Waals surface area contributed by atoms with Gasteiger partial charge in [-0.25, -0.2) is 0 Å². The highest BCUT2D eigenvalue weighted by Crippen LogP contribution is 2.43. The van der Waals surface area contributed by atoms with Crippen LogP contribution >= 0.6 is 0 Å². The van der Waals surface area contributed by atoms with Gasteiger partial charge in [-0.15, -0.1) is 0 Å². The van der Waals surface area contributed by atoms with Crippen molar-refractivity contribution in [3.8, 4) is 0 Å². The number of hydrogen-bond donors (Lipinski definition) is 2. The summed E-state index contributed by atoms with van der Waals surface area (Å²) in [6.45, 7) is 2.20. The lowest BCUT2D eigenvalue weighted by Crippen LogP contribution is -2.62. The van der Waals surface area contributed by atoms with Crippen molar-refractivity contribution in [2.75, 3.05) is 26.2 Å². The third-order valence-corrected chi connectivity index (χ3v) is 10.7. The molecule has 3 heterocycles. The van der Waals surface area contributed by atoms with Crippen molar-refractivity contribution in [3.05, 3.63) is 36.0 Å². The normalized spacial score (nSPS) is 27.3. The number of aromatic nitrogens is 1. The summed E-state index contributed by atoms with van der Waals surface area (Å²) in [5.41, 5.74) is 1.27. The molecule has 7 heteroatoms. The van der Waals surface area contributed by atoms with Crippen LogP contribution in [-0.2, 0) is 16.6 Å². The van der Waals surface area contributed by atoms with Crippen molar-refractivity contribution in [2.45, 2.75) is 113 Å². The molecule has 1 aromatic carbocycles. The summed E-state index contributed by atoms with van der Waals surface area (Å²) in [6, 6.07) is 9.34. The molecule has 6 rings (SSSR count). The molecule has 1 aromatic heterocycles. The summed E-state index contributed by atoms with van der Waals surface area (Å²) < 4.78 is 2.18. The topological polar surface area (TPSA) is 77.8 Å². The van der Waals surface area contributed by atoms with Crippen LogP contribution < -0.4 is 5.32 Å². The van der Waals surface area contributed by atoms with Crippen LogP contribution in [0.15, 0.2) is 30.5 Å². The molecule has 0 radical (unpaired) electrons. The van der Waals surface area contributed by atoms with Gasteiger partial charge in [0.15, 0.2) is 0 Å². The summed E-state index contributed by atoms with van der Waals surface area (Å²) in [7, 11) is 2.10. The number of nitrogens with one attached hydrogen (secondary N) is 1. The first-order valence-electron chi connectivity index (χ1n) is 16.5. The fraction of sp³-hybridized carbons (Fsp3) is 0.706. The smallest absolute Gasteiger partial charge is 0.254 e. The fourth-order valence-corrected chi connectivity index (χ4v) is 7.97. The van der Waals surface area contributed by atoms with E-state index in [2.05, 4.69) is 47.4 Å². The second-order valence-corrected chi connectivity index (χ2v) is 13.6. The van der Waals surface area contributed by atoms with Crippen molar-refractivity contribution in [2.24, 2.45) is 13.0 Å². The van der Waals surface area contributed by atoms with Crippen LogP contribution in [-0.4, -0.2) is 68.6 Å². The molecular weight excluding hydrogens is 512 g/mol. The van der Waals surface area contributed by atoms with E-state index in [1.54, 1.807) is 4.90 Å². The first kappa shape index (κ1) is 28.7. The molecule has 2 amide bonds. The van der Waals surface area contributed by atoms with Crippen LogP contribution in [0.1, 0.15) is 108 Å². The lowest BCUT2D eigenvalue weighted by Gasteiger charge is -2.50. The maximum atomic E-state index is 14.3. The number of aliphatic hydroxyl groups is 1. The Kier molecular flexibility index (Phi) is 8.46. The molecule has 2 aromatic rings. The predicted molar refractivity (Wildman–Crippen MR) is 162 cm³/mol. The number of carbonyl (C=O) groups is 2. The summed E-state index contributed by atoms with van der Waals surface area (Å²) in [6.07, 6.45) is 18.7. The van der Waals surface area contributed by atoms with Crippen molar-refractivity contribution < 1.29 is 14.7 Å². The number of aryl methyl sites for hydroxylation is 1. The highest BCUT2D eigenvalue weighted by Gasteiger charge is 2.51. The third-order valence-electron chi connectivity index (χ3n) is 10.7. The highest BCUT2D eigenvalue weighted by atomic mass is 16.3. The zero-order chi connectivity index (χ0) is 28.5. The van der Waals surface area contributed by atoms with Gasteiger partial charge in [-0.1, -0.05) is 63.9 Å². The van der Waals surface area contributed by atoms with Gasteiger partial charge in [0.05, 0.1) is 5.92 Å². The van der Waals surface area contributed by atoms with E-state index in [1.807, 2.05) is 4.90 Å². The van der Waals surface area contributed by atoms with E-state index < -0.39 is 5.60 Å². The van der Waals surface area contributed by atoms with Crippen LogP contribution in [0.25, 0.3) is 10.9 Å². The maximum Gasteiger partial charge on any atom is 0.254 e. The standard InChI is InChI=1S/C34H50N4O3/c1-36-20-15-27-25-26(11-14-30(27)36)29-13-12-28(33(35-29)16-9-7-5-3-2-4-6-8-10-17-33)31(39)37-21-23-38(24-22-37)32(40)34(41)18-19-34/h11,14-15,20,25,28-29,35,41H,2-10,12-13,16-19,21-24H2,1H3. The van der Waals surface area contributed by atoms with Crippen LogP contribution in [0.2, 0.25) is 0 Å². The van der Waals surface area contributed by atoms with E-state index in [-0.39, 0.29) is 29.3 Å². The summed E-state index contributed by atoms with van der Waals surface area (Å²) in [4.78, 5) is 30.8. The Labute approximate surface area is 245 Å². The monoisotopic (exact) mass is 562 g/mol. The second-order valence-electron chi connectivity index (χ2n) is 13.6. The van der Waals surface area contributed by atoms with Gasteiger partial charge >= 0.3 is 0 Å². The molecule has 2 unspecified atom stereocenters. The molecule has 2 aliphatic carbocycles. The number of benzene rings is 1. The Morgan fingerprint density at radius 3 is 2.05 bits per heavy atom. The fourth-order valence-electron chi connectivity index (χ4n) is 7.97. The van der Waals surface area contributed by atoms with Gasteiger partial charge in [-0.2, -0.15) is 0 Å². The Balaban J connectivity index is 1.22. The Morgan fingerprint density at radius 1 is 0.805 bits per heavy atom. The molecule has 2 saturated carbocycles. The van der Waals surface area contributed by atoms with E-state index in [9.17, 15) is 14.7 Å². The summed E-state index contributed by atoms with van der Waals surface area (Å²) in [5, 5.41) is 15.8. The van der Waals surface area contributed by atoms with Gasteiger partial charge < -0.3 is 24.8 Å². The molecule has 7 nitrogen and oxygen atoms in total. The van der Waals surface area contributed by atoms with Crippen molar-refractivity contribution in [3.63, 3.8) is 0 Å². The minimum absolute atomic E-state index is 0.0305. The quantitative estimate of drug-likeness (QED) is 0.521. The third kappa shape index (κ3) is 6.08. The molecule has 4 fully saturated rings. The molecule has 2 saturated heterocycles. The molecule has 2 aliphatic heterocycles. The van der Waals surface area contributed by atoms with Crippen molar-refractivity contribution >= 4 is 22.7 Å². The Morgan fingerprint density at radius 2 is 1.41 bits per heavy atom. The molecule has 0 bridgehead atoms. The van der Waals surface area contributed by atoms with E-state index in [1.165, 1.54) is 74.3 Å². The zero-order valence-electron chi connectivity index (χ0n) is 25.1. The van der Waals surface area contributed by atoms with E-state index >= 15 is 0 Å². The minimum atomic E-state index is -1.13. The molecule has 224 valence electrons. The largest absolute Gasteiger partial charge is 0.380 e. The molecule has 41 heavy (non-hydrogen) atoms. The van der Waals surface area contributed by atoms with Gasteiger partial charge in [0, 0.05) is 56.5 Å². The lowest BCUT2D eigenvalue weighted by molar-refractivity contribution is -0.150. The molecular formula is C34H50N4O3. The second kappa shape index (κ2) is 12.1. The first-order chi connectivity index (χ1) is 19.9. The number of carbonyl (C=O) groups excluding carboxylic acids is 2. The SMILES string of the molecule is Cn1ccc2cc(C3CCC(C(=O)N4CCN(C(=O)C5(O)CC5)CC4)C4(CCCCCCCCCCC4)N3)ccc21. The average molecular weight is 563 g/mol. The minimum Gasteiger partial charge on any atom is -0.380 e. The van der Waals surface area contributed by atoms with Crippen LogP contribution in [0, 0.1) is 5.92 Å². The van der Waals surface area contributed by atoms with Gasteiger partial charge in [-0.3, -0.25) is 9.59 Å². The van der Waals surface area contributed by atoms with Crippen molar-refractivity contribution in [1.29, 1.82) is 0 Å². The number of rotatable bonds is 3. The number of piperazine rings is 1. The molecule has 1 spiro atoms.